The number of benzene rings is 2. The van der Waals surface area contributed by atoms with E-state index in [2.05, 4.69) is 0 Å². The largest absolute Gasteiger partial charge is 0.467 e. The third-order valence-electron chi connectivity index (χ3n) is 5.75. The van der Waals surface area contributed by atoms with Gasteiger partial charge < -0.3 is 14.4 Å². The first-order chi connectivity index (χ1) is 15.7. The highest BCUT2D eigenvalue weighted by Crippen LogP contribution is 2.59. The van der Waals surface area contributed by atoms with E-state index in [1.165, 1.54) is 23.8 Å². The SMILES string of the molecule is COC(=O)[C@@H]1CS[C@]2(C(=O)N(Cc3ccccc3)[C@@H]2c2ccccc2)N1C(=O)OC(C)(C)C. The van der Waals surface area contributed by atoms with Crippen molar-refractivity contribution >= 4 is 29.7 Å². The molecular formula is C25H28N2O5S. The fraction of sp³-hybridized carbons (Fsp3) is 0.400. The standard InChI is InChI=1S/C25H28N2O5S/c1-24(2,3)32-23(30)27-19(21(28)31-4)16-33-25(27)20(18-13-9-6-10-14-18)26(22(25)29)15-17-11-7-5-8-12-17/h5-14,19-20H,15-16H2,1-4H3/t19-,20+,25+/m0/s1. The van der Waals surface area contributed by atoms with Crippen molar-refractivity contribution in [2.24, 2.45) is 0 Å². The second-order valence-corrected chi connectivity index (χ2v) is 10.4. The van der Waals surface area contributed by atoms with Gasteiger partial charge in [-0.25, -0.2) is 9.59 Å². The first kappa shape index (κ1) is 23.2. The van der Waals surface area contributed by atoms with E-state index < -0.39 is 34.6 Å². The number of carbonyl (C=O) groups excluding carboxylic acids is 3. The Morgan fingerprint density at radius 1 is 1.06 bits per heavy atom. The molecule has 174 valence electrons. The average Bonchev–Trinajstić information content (AvgIpc) is 3.21. The number of likely N-dealkylation sites (tertiary alicyclic amines) is 1. The highest BCUT2D eigenvalue weighted by atomic mass is 32.2. The quantitative estimate of drug-likeness (QED) is 0.499. The van der Waals surface area contributed by atoms with Gasteiger partial charge in [-0.3, -0.25) is 9.69 Å². The van der Waals surface area contributed by atoms with E-state index in [1.807, 2.05) is 60.7 Å². The number of rotatable bonds is 4. The number of amides is 2. The highest BCUT2D eigenvalue weighted by molar-refractivity contribution is 8.01. The Bertz CT molecular complexity index is 1040. The number of thioether (sulfide) groups is 1. The molecule has 0 aliphatic carbocycles. The van der Waals surface area contributed by atoms with E-state index in [9.17, 15) is 14.4 Å². The molecule has 2 saturated heterocycles. The first-order valence-electron chi connectivity index (χ1n) is 10.8. The molecule has 0 saturated carbocycles. The summed E-state index contributed by atoms with van der Waals surface area (Å²) >= 11 is 1.30. The van der Waals surface area contributed by atoms with Gasteiger partial charge in [0.1, 0.15) is 11.6 Å². The minimum Gasteiger partial charge on any atom is -0.467 e. The lowest BCUT2D eigenvalue weighted by molar-refractivity contribution is -0.169. The van der Waals surface area contributed by atoms with Crippen molar-refractivity contribution in [1.82, 2.24) is 9.80 Å². The van der Waals surface area contributed by atoms with Crippen molar-refractivity contribution in [3.8, 4) is 0 Å². The van der Waals surface area contributed by atoms with Crippen LogP contribution in [0.2, 0.25) is 0 Å². The van der Waals surface area contributed by atoms with Crippen LogP contribution in [0.1, 0.15) is 37.9 Å². The topological polar surface area (TPSA) is 76.2 Å². The number of methoxy groups -OCH3 is 1. The number of esters is 1. The van der Waals surface area contributed by atoms with Crippen LogP contribution < -0.4 is 0 Å². The molecule has 2 fully saturated rings. The minimum atomic E-state index is -1.28. The van der Waals surface area contributed by atoms with E-state index in [0.29, 0.717) is 6.54 Å². The van der Waals surface area contributed by atoms with E-state index in [4.69, 9.17) is 9.47 Å². The Balaban J connectivity index is 1.78. The van der Waals surface area contributed by atoms with Crippen LogP contribution in [0.4, 0.5) is 4.79 Å². The normalized spacial score (nSPS) is 24.5. The summed E-state index contributed by atoms with van der Waals surface area (Å²) < 4.78 is 10.6. The van der Waals surface area contributed by atoms with Crippen molar-refractivity contribution in [2.75, 3.05) is 12.9 Å². The predicted octanol–water partition coefficient (Wildman–Crippen LogP) is 3.99. The van der Waals surface area contributed by atoms with E-state index >= 15 is 0 Å². The molecule has 2 aromatic carbocycles. The zero-order valence-corrected chi connectivity index (χ0v) is 20.0. The predicted molar refractivity (Wildman–Crippen MR) is 125 cm³/mol. The molecule has 2 aromatic rings. The summed E-state index contributed by atoms with van der Waals surface area (Å²) in [6.45, 7) is 5.67. The molecule has 0 aromatic heterocycles. The lowest BCUT2D eigenvalue weighted by Gasteiger charge is -2.57. The van der Waals surface area contributed by atoms with Crippen molar-refractivity contribution < 1.29 is 23.9 Å². The highest BCUT2D eigenvalue weighted by Gasteiger charge is 2.71. The zero-order valence-electron chi connectivity index (χ0n) is 19.2. The van der Waals surface area contributed by atoms with Gasteiger partial charge in [0.05, 0.1) is 13.2 Å². The maximum atomic E-state index is 13.8. The molecule has 0 N–H and O–H groups in total. The molecule has 2 heterocycles. The number of carbonyl (C=O) groups is 3. The zero-order chi connectivity index (χ0) is 23.8. The van der Waals surface area contributed by atoms with Gasteiger partial charge in [0, 0.05) is 12.3 Å². The molecule has 0 radical (unpaired) electrons. The third-order valence-corrected chi connectivity index (χ3v) is 7.27. The van der Waals surface area contributed by atoms with Crippen LogP contribution in [0.3, 0.4) is 0 Å². The second-order valence-electron chi connectivity index (χ2n) is 9.13. The Morgan fingerprint density at radius 3 is 2.24 bits per heavy atom. The van der Waals surface area contributed by atoms with Gasteiger partial charge in [0.2, 0.25) is 0 Å². The molecular weight excluding hydrogens is 440 g/mol. The molecule has 3 atom stereocenters. The molecule has 4 rings (SSSR count). The molecule has 0 bridgehead atoms. The van der Waals surface area contributed by atoms with E-state index in [1.54, 1.807) is 25.7 Å². The minimum absolute atomic E-state index is 0.220. The maximum Gasteiger partial charge on any atom is 0.412 e. The van der Waals surface area contributed by atoms with Crippen LogP contribution in [0.5, 0.6) is 0 Å². The van der Waals surface area contributed by atoms with Gasteiger partial charge in [0.15, 0.2) is 4.87 Å². The van der Waals surface area contributed by atoms with Crippen LogP contribution in [0.15, 0.2) is 60.7 Å². The van der Waals surface area contributed by atoms with Crippen LogP contribution in [0, 0.1) is 0 Å². The van der Waals surface area contributed by atoms with Crippen molar-refractivity contribution in [1.29, 1.82) is 0 Å². The van der Waals surface area contributed by atoms with Gasteiger partial charge in [-0.2, -0.15) is 0 Å². The number of nitrogens with zero attached hydrogens (tertiary/aromatic N) is 2. The van der Waals surface area contributed by atoms with Crippen LogP contribution in [0.25, 0.3) is 0 Å². The van der Waals surface area contributed by atoms with Crippen LogP contribution >= 0.6 is 11.8 Å². The Morgan fingerprint density at radius 2 is 1.67 bits per heavy atom. The molecule has 7 nitrogen and oxygen atoms in total. The van der Waals surface area contributed by atoms with Gasteiger partial charge in [-0.1, -0.05) is 60.7 Å². The van der Waals surface area contributed by atoms with Gasteiger partial charge in [0.25, 0.3) is 5.91 Å². The van der Waals surface area contributed by atoms with Crippen LogP contribution in [-0.2, 0) is 25.6 Å². The monoisotopic (exact) mass is 468 g/mol. The molecule has 8 heteroatoms. The molecule has 0 unspecified atom stereocenters. The van der Waals surface area contributed by atoms with Gasteiger partial charge >= 0.3 is 12.1 Å². The van der Waals surface area contributed by atoms with Gasteiger partial charge in [-0.05, 0) is 31.9 Å². The number of ether oxygens (including phenoxy) is 2. The van der Waals surface area contributed by atoms with Crippen LogP contribution in [-0.4, -0.2) is 57.1 Å². The van der Waals surface area contributed by atoms with E-state index in [0.717, 1.165) is 11.1 Å². The van der Waals surface area contributed by atoms with Crippen molar-refractivity contribution in [2.45, 2.75) is 49.9 Å². The summed E-state index contributed by atoms with van der Waals surface area (Å²) in [5.41, 5.74) is 1.09. The molecule has 33 heavy (non-hydrogen) atoms. The van der Waals surface area contributed by atoms with E-state index in [-0.39, 0.29) is 11.7 Å². The molecule has 2 amide bonds. The number of β-lactam (4-membered cyclic amide) rings is 1. The summed E-state index contributed by atoms with van der Waals surface area (Å²) in [5, 5.41) is 0. The number of hydrogen-bond acceptors (Lipinski definition) is 6. The Kier molecular flexibility index (Phi) is 6.14. The summed E-state index contributed by atoms with van der Waals surface area (Å²) in [6, 6.07) is 17.9. The average molecular weight is 469 g/mol. The number of hydrogen-bond donors (Lipinski definition) is 0. The van der Waals surface area contributed by atoms with Crippen molar-refractivity contribution in [3.05, 3.63) is 71.8 Å². The molecule has 2 aliphatic rings. The summed E-state index contributed by atoms with van der Waals surface area (Å²) in [4.78, 5) is 41.6. The second kappa shape index (κ2) is 8.74. The van der Waals surface area contributed by atoms with Gasteiger partial charge in [-0.15, -0.1) is 11.8 Å². The molecule has 1 spiro atoms. The third kappa shape index (κ3) is 4.08. The fourth-order valence-corrected chi connectivity index (χ4v) is 6.11. The lowest BCUT2D eigenvalue weighted by atomic mass is 9.85. The Hall–Kier alpha value is -3.00. The molecule has 2 aliphatic heterocycles. The summed E-state index contributed by atoms with van der Waals surface area (Å²) in [6.07, 6.45) is -0.698. The smallest absolute Gasteiger partial charge is 0.412 e. The summed E-state index contributed by atoms with van der Waals surface area (Å²) in [5.74, 6) is -0.533. The first-order valence-corrected chi connectivity index (χ1v) is 11.8. The fourth-order valence-electron chi connectivity index (χ4n) is 4.41. The summed E-state index contributed by atoms with van der Waals surface area (Å²) in [7, 11) is 1.28. The lowest BCUT2D eigenvalue weighted by Crippen LogP contribution is -2.74. The van der Waals surface area contributed by atoms with Crippen molar-refractivity contribution in [3.63, 3.8) is 0 Å². The Labute approximate surface area is 198 Å². The maximum absolute atomic E-state index is 13.8.